The van der Waals surface area contributed by atoms with Gasteiger partial charge >= 0.3 is 0 Å². The summed E-state index contributed by atoms with van der Waals surface area (Å²) in [4.78, 5) is 16.6. The van der Waals surface area contributed by atoms with Gasteiger partial charge in [-0.15, -0.1) is 11.3 Å². The number of nitrogens with zero attached hydrogens (tertiary/aromatic N) is 3. The maximum Gasteiger partial charge on any atom is 0.137 e. The normalized spacial score (nSPS) is 22.3. The molecule has 0 radical (unpaired) electrons. The lowest BCUT2D eigenvalue weighted by molar-refractivity contribution is -0.0133. The summed E-state index contributed by atoms with van der Waals surface area (Å²) in [5.74, 6) is 0. The van der Waals surface area contributed by atoms with Gasteiger partial charge < -0.3 is 15.2 Å². The highest BCUT2D eigenvalue weighted by Gasteiger charge is 2.49. The molecule has 3 N–H and O–H groups in total. The van der Waals surface area contributed by atoms with Crippen LogP contribution in [0.2, 0.25) is 0 Å². The standard InChI is InChI=1S/C25H20N4O2S/c1-24(30)14-25(31,20-12-26-9-7-19(20)24)16-5-2-4-15(10-16)21-13-32-23(29-21)18-11-28-22-17(18)6-3-8-27-22/h2-13,30-31H,14H2,1H3,(H,27,28). The van der Waals surface area contributed by atoms with Crippen LogP contribution >= 0.6 is 11.3 Å². The fourth-order valence-electron chi connectivity index (χ4n) is 4.74. The van der Waals surface area contributed by atoms with Crippen LogP contribution in [0.3, 0.4) is 0 Å². The van der Waals surface area contributed by atoms with E-state index in [1.54, 1.807) is 42.9 Å². The third-order valence-electron chi connectivity index (χ3n) is 6.27. The number of H-pyrrole nitrogens is 1. The van der Waals surface area contributed by atoms with Crippen molar-refractivity contribution in [3.05, 3.63) is 89.3 Å². The molecule has 1 aromatic carbocycles. The fourth-order valence-corrected chi connectivity index (χ4v) is 5.60. The molecule has 7 heteroatoms. The molecular weight excluding hydrogens is 420 g/mol. The third-order valence-corrected chi connectivity index (χ3v) is 7.14. The van der Waals surface area contributed by atoms with Crippen molar-refractivity contribution in [2.45, 2.75) is 24.5 Å². The van der Waals surface area contributed by atoms with Gasteiger partial charge in [-0.3, -0.25) is 4.98 Å². The second-order valence-electron chi connectivity index (χ2n) is 8.45. The van der Waals surface area contributed by atoms with Crippen LogP contribution in [0.15, 0.2) is 72.6 Å². The molecule has 5 aromatic rings. The number of benzene rings is 1. The van der Waals surface area contributed by atoms with Crippen LogP contribution in [0, 0.1) is 0 Å². The minimum Gasteiger partial charge on any atom is -0.385 e. The van der Waals surface area contributed by atoms with E-state index in [0.717, 1.165) is 32.9 Å². The number of nitrogens with one attached hydrogen (secondary N) is 1. The van der Waals surface area contributed by atoms with Gasteiger partial charge in [-0.1, -0.05) is 18.2 Å². The molecule has 0 amide bonds. The largest absolute Gasteiger partial charge is 0.385 e. The molecule has 0 fully saturated rings. The first-order chi connectivity index (χ1) is 15.5. The van der Waals surface area contributed by atoms with Gasteiger partial charge in [-0.05, 0) is 42.3 Å². The second-order valence-corrected chi connectivity index (χ2v) is 9.31. The minimum atomic E-state index is -1.32. The van der Waals surface area contributed by atoms with Gasteiger partial charge in [-0.2, -0.15) is 0 Å². The van der Waals surface area contributed by atoms with E-state index in [9.17, 15) is 10.2 Å². The van der Waals surface area contributed by atoms with Crippen LogP contribution in [0.4, 0.5) is 0 Å². The predicted octanol–water partition coefficient (Wildman–Crippen LogP) is 4.60. The minimum absolute atomic E-state index is 0.176. The van der Waals surface area contributed by atoms with Crippen molar-refractivity contribution in [2.24, 2.45) is 0 Å². The van der Waals surface area contributed by atoms with E-state index in [-0.39, 0.29) is 6.42 Å². The molecule has 4 aromatic heterocycles. The zero-order valence-electron chi connectivity index (χ0n) is 17.3. The summed E-state index contributed by atoms with van der Waals surface area (Å²) < 4.78 is 0. The van der Waals surface area contributed by atoms with E-state index in [4.69, 9.17) is 4.98 Å². The highest BCUT2D eigenvalue weighted by Crippen LogP contribution is 2.50. The van der Waals surface area contributed by atoms with E-state index in [2.05, 4.69) is 15.0 Å². The first-order valence-electron chi connectivity index (χ1n) is 10.3. The van der Waals surface area contributed by atoms with E-state index in [1.807, 2.05) is 48.0 Å². The van der Waals surface area contributed by atoms with E-state index >= 15 is 0 Å². The lowest BCUT2D eigenvalue weighted by Gasteiger charge is -2.26. The zero-order chi connectivity index (χ0) is 21.9. The van der Waals surface area contributed by atoms with Crippen LogP contribution in [-0.4, -0.2) is 30.1 Å². The number of pyridine rings is 2. The zero-order valence-corrected chi connectivity index (χ0v) is 18.1. The Labute approximate surface area is 188 Å². The average molecular weight is 441 g/mol. The number of hydrogen-bond acceptors (Lipinski definition) is 6. The van der Waals surface area contributed by atoms with E-state index < -0.39 is 11.2 Å². The lowest BCUT2D eigenvalue weighted by atomic mass is 9.86. The number of rotatable bonds is 3. The molecule has 0 spiro atoms. The van der Waals surface area contributed by atoms with Crippen molar-refractivity contribution < 1.29 is 10.2 Å². The highest BCUT2D eigenvalue weighted by atomic mass is 32.1. The molecule has 2 unspecified atom stereocenters. The second kappa shape index (κ2) is 6.80. The van der Waals surface area contributed by atoms with Crippen LogP contribution in [0.25, 0.3) is 32.9 Å². The summed E-state index contributed by atoms with van der Waals surface area (Å²) in [5.41, 5.74) is 3.24. The number of fused-ring (bicyclic) bond motifs is 2. The molecule has 0 saturated heterocycles. The van der Waals surface area contributed by atoms with Crippen LogP contribution in [0.5, 0.6) is 0 Å². The van der Waals surface area contributed by atoms with Crippen molar-refractivity contribution in [3.8, 4) is 21.8 Å². The molecule has 2 atom stereocenters. The smallest absolute Gasteiger partial charge is 0.137 e. The molecule has 6 nitrogen and oxygen atoms in total. The Morgan fingerprint density at radius 3 is 2.88 bits per heavy atom. The predicted molar refractivity (Wildman–Crippen MR) is 124 cm³/mol. The number of aliphatic hydroxyl groups is 2. The van der Waals surface area contributed by atoms with Crippen molar-refractivity contribution in [3.63, 3.8) is 0 Å². The Bertz CT molecular complexity index is 1470. The van der Waals surface area contributed by atoms with Crippen LogP contribution in [-0.2, 0) is 11.2 Å². The summed E-state index contributed by atoms with van der Waals surface area (Å²) >= 11 is 1.57. The molecule has 0 bridgehead atoms. The van der Waals surface area contributed by atoms with Crippen LogP contribution < -0.4 is 0 Å². The molecule has 1 aliphatic rings. The maximum absolute atomic E-state index is 11.7. The summed E-state index contributed by atoms with van der Waals surface area (Å²) in [6, 6.07) is 13.5. The Morgan fingerprint density at radius 1 is 1.06 bits per heavy atom. The molecule has 0 saturated carbocycles. The van der Waals surface area contributed by atoms with Crippen molar-refractivity contribution in [2.75, 3.05) is 0 Å². The van der Waals surface area contributed by atoms with Gasteiger partial charge in [0, 0.05) is 58.7 Å². The number of thiazole rings is 1. The molecule has 4 heterocycles. The lowest BCUT2D eigenvalue weighted by Crippen LogP contribution is -2.27. The first kappa shape index (κ1) is 19.3. The van der Waals surface area contributed by atoms with Gasteiger partial charge in [0.1, 0.15) is 16.3 Å². The summed E-state index contributed by atoms with van der Waals surface area (Å²) in [6.07, 6.45) is 7.17. The average Bonchev–Trinajstić information content (AvgIpc) is 3.50. The van der Waals surface area contributed by atoms with Gasteiger partial charge in [0.15, 0.2) is 0 Å². The third kappa shape index (κ3) is 2.82. The van der Waals surface area contributed by atoms with E-state index in [1.165, 1.54) is 0 Å². The topological polar surface area (TPSA) is 94.9 Å². The van der Waals surface area contributed by atoms with Crippen LogP contribution in [0.1, 0.15) is 30.0 Å². The summed E-state index contributed by atoms with van der Waals surface area (Å²) in [5, 5.41) is 26.5. The quantitative estimate of drug-likeness (QED) is 0.381. The van der Waals surface area contributed by atoms with Gasteiger partial charge in [0.25, 0.3) is 0 Å². The van der Waals surface area contributed by atoms with Crippen molar-refractivity contribution in [1.29, 1.82) is 0 Å². The monoisotopic (exact) mass is 440 g/mol. The Morgan fingerprint density at radius 2 is 1.97 bits per heavy atom. The Hall–Kier alpha value is -3.39. The Balaban J connectivity index is 1.41. The fraction of sp³-hybridized carbons (Fsp3) is 0.160. The molecule has 1 aliphatic carbocycles. The number of hydrogen-bond donors (Lipinski definition) is 3. The Kier molecular flexibility index (Phi) is 4.10. The number of aromatic amines is 1. The number of aromatic nitrogens is 4. The summed E-state index contributed by atoms with van der Waals surface area (Å²) in [6.45, 7) is 1.73. The van der Waals surface area contributed by atoms with E-state index in [0.29, 0.717) is 16.7 Å². The molecule has 32 heavy (non-hydrogen) atoms. The maximum atomic E-state index is 11.7. The van der Waals surface area contributed by atoms with Crippen molar-refractivity contribution in [1.82, 2.24) is 19.9 Å². The van der Waals surface area contributed by atoms with Gasteiger partial charge in [0.2, 0.25) is 0 Å². The SMILES string of the molecule is CC1(O)CC(O)(c2cccc(-c3csc(-c4c[nH]c5ncccc45)n3)c2)c2cnccc21. The molecular formula is C25H20N4O2S. The molecule has 158 valence electrons. The first-order valence-corrected chi connectivity index (χ1v) is 11.2. The molecule has 6 rings (SSSR count). The van der Waals surface area contributed by atoms with Crippen molar-refractivity contribution >= 4 is 22.4 Å². The molecule has 0 aliphatic heterocycles. The summed E-state index contributed by atoms with van der Waals surface area (Å²) in [7, 11) is 0. The van der Waals surface area contributed by atoms with Gasteiger partial charge in [-0.25, -0.2) is 9.97 Å². The van der Waals surface area contributed by atoms with Gasteiger partial charge in [0.05, 0.1) is 11.3 Å². The highest BCUT2D eigenvalue weighted by molar-refractivity contribution is 7.13.